The molecule has 1 aliphatic carbocycles. The van der Waals surface area contributed by atoms with Gasteiger partial charge in [0.25, 0.3) is 0 Å². The number of nitrogens with one attached hydrogen (secondary N) is 2. The van der Waals surface area contributed by atoms with Crippen LogP contribution in [0.2, 0.25) is 0 Å². The zero-order valence-electron chi connectivity index (χ0n) is 13.1. The van der Waals surface area contributed by atoms with Gasteiger partial charge in [0.05, 0.1) is 4.90 Å². The van der Waals surface area contributed by atoms with Gasteiger partial charge in [0.15, 0.2) is 0 Å². The summed E-state index contributed by atoms with van der Waals surface area (Å²) in [6.07, 6.45) is 3.47. The Balaban J connectivity index is 2.09. The van der Waals surface area contributed by atoms with Crippen molar-refractivity contribution in [1.82, 2.24) is 10.0 Å². The molecular formula is C16H26N2O2S. The highest BCUT2D eigenvalue weighted by Crippen LogP contribution is 2.30. The van der Waals surface area contributed by atoms with E-state index in [1.54, 1.807) is 6.07 Å². The van der Waals surface area contributed by atoms with Crippen LogP contribution in [0.15, 0.2) is 23.1 Å². The monoisotopic (exact) mass is 310 g/mol. The van der Waals surface area contributed by atoms with E-state index in [1.807, 2.05) is 26.1 Å². The summed E-state index contributed by atoms with van der Waals surface area (Å²) in [7, 11) is -1.56. The predicted octanol–water partition coefficient (Wildman–Crippen LogP) is 2.43. The smallest absolute Gasteiger partial charge is 0.240 e. The van der Waals surface area contributed by atoms with E-state index < -0.39 is 10.0 Å². The Morgan fingerprint density at radius 1 is 1.29 bits per heavy atom. The van der Waals surface area contributed by atoms with E-state index in [2.05, 4.69) is 17.0 Å². The minimum absolute atomic E-state index is 0.404. The van der Waals surface area contributed by atoms with E-state index in [9.17, 15) is 8.42 Å². The third-order valence-corrected chi connectivity index (χ3v) is 5.85. The quantitative estimate of drug-likeness (QED) is 0.848. The van der Waals surface area contributed by atoms with Crippen molar-refractivity contribution in [1.29, 1.82) is 0 Å². The fraction of sp³-hybridized carbons (Fsp3) is 0.625. The second kappa shape index (κ2) is 6.90. The van der Waals surface area contributed by atoms with Crippen molar-refractivity contribution in [2.24, 2.45) is 11.8 Å². The van der Waals surface area contributed by atoms with Crippen LogP contribution in [0.25, 0.3) is 0 Å². The topological polar surface area (TPSA) is 58.2 Å². The van der Waals surface area contributed by atoms with Crippen molar-refractivity contribution in [2.45, 2.75) is 44.6 Å². The molecule has 0 radical (unpaired) electrons. The number of sulfonamides is 1. The molecule has 21 heavy (non-hydrogen) atoms. The van der Waals surface area contributed by atoms with Gasteiger partial charge in [0.1, 0.15) is 0 Å². The number of rotatable bonds is 6. The van der Waals surface area contributed by atoms with E-state index in [-0.39, 0.29) is 0 Å². The number of aryl methyl sites for hydroxylation is 1. The fourth-order valence-corrected chi connectivity index (χ4v) is 4.47. The summed E-state index contributed by atoms with van der Waals surface area (Å²) in [6, 6.07) is 5.60. The van der Waals surface area contributed by atoms with E-state index in [4.69, 9.17) is 0 Å². The van der Waals surface area contributed by atoms with Crippen LogP contribution in [0, 0.1) is 18.8 Å². The summed E-state index contributed by atoms with van der Waals surface area (Å²) in [6.45, 7) is 5.31. The number of benzene rings is 1. The molecule has 2 N–H and O–H groups in total. The molecule has 2 unspecified atom stereocenters. The molecule has 0 aliphatic heterocycles. The van der Waals surface area contributed by atoms with Gasteiger partial charge in [0, 0.05) is 13.1 Å². The summed E-state index contributed by atoms with van der Waals surface area (Å²) in [5.41, 5.74) is 1.78. The summed E-state index contributed by atoms with van der Waals surface area (Å²) >= 11 is 0. The molecule has 0 saturated heterocycles. The molecule has 0 aromatic heterocycles. The molecule has 1 saturated carbocycles. The van der Waals surface area contributed by atoms with Gasteiger partial charge in [-0.1, -0.05) is 25.5 Å². The Kier molecular flexibility index (Phi) is 5.41. The molecule has 0 amide bonds. The molecule has 118 valence electrons. The van der Waals surface area contributed by atoms with Gasteiger partial charge in [-0.2, -0.15) is 0 Å². The van der Waals surface area contributed by atoms with Crippen LogP contribution < -0.4 is 10.0 Å². The van der Waals surface area contributed by atoms with Crippen LogP contribution in [0.1, 0.15) is 37.3 Å². The molecule has 5 heteroatoms. The summed E-state index contributed by atoms with van der Waals surface area (Å²) in [5, 5.41) is 3.05. The van der Waals surface area contributed by atoms with Crippen LogP contribution in [-0.2, 0) is 16.6 Å². The van der Waals surface area contributed by atoms with Gasteiger partial charge in [0.2, 0.25) is 10.0 Å². The first-order chi connectivity index (χ1) is 9.92. The zero-order valence-corrected chi connectivity index (χ0v) is 14.0. The molecule has 4 nitrogen and oxygen atoms in total. The summed E-state index contributed by atoms with van der Waals surface area (Å²) in [5.74, 6) is 1.20. The van der Waals surface area contributed by atoms with Crippen molar-refractivity contribution in [3.05, 3.63) is 29.3 Å². The Hall–Kier alpha value is -0.910. The van der Waals surface area contributed by atoms with Crippen molar-refractivity contribution in [3.8, 4) is 0 Å². The lowest BCUT2D eigenvalue weighted by molar-refractivity contribution is 0.498. The maximum Gasteiger partial charge on any atom is 0.240 e. The highest BCUT2D eigenvalue weighted by molar-refractivity contribution is 7.89. The fourth-order valence-electron chi connectivity index (χ4n) is 3.06. The molecule has 0 bridgehead atoms. The normalized spacial score (nSPS) is 22.6. The first kappa shape index (κ1) is 16.5. The first-order valence-electron chi connectivity index (χ1n) is 7.66. The van der Waals surface area contributed by atoms with Crippen LogP contribution in [0.5, 0.6) is 0 Å². The van der Waals surface area contributed by atoms with Crippen LogP contribution in [0.3, 0.4) is 0 Å². The number of hydrogen-bond acceptors (Lipinski definition) is 3. The zero-order chi connectivity index (χ0) is 15.5. The second-order valence-corrected chi connectivity index (χ2v) is 8.00. The predicted molar refractivity (Wildman–Crippen MR) is 85.6 cm³/mol. The molecule has 2 atom stereocenters. The van der Waals surface area contributed by atoms with Gasteiger partial charge in [-0.3, -0.25) is 0 Å². The SMILES string of the molecule is CNCc1ccc(C)c(S(=O)(=O)NCC2CCC(C)C2)c1. The first-order valence-corrected chi connectivity index (χ1v) is 9.14. The molecular weight excluding hydrogens is 284 g/mol. The van der Waals surface area contributed by atoms with Crippen molar-refractivity contribution < 1.29 is 8.42 Å². The maximum atomic E-state index is 12.5. The lowest BCUT2D eigenvalue weighted by atomic mass is 10.1. The average Bonchev–Trinajstić information content (AvgIpc) is 2.85. The Bertz CT molecular complexity index is 584. The molecule has 0 spiro atoms. The van der Waals surface area contributed by atoms with Crippen LogP contribution >= 0.6 is 0 Å². The lowest BCUT2D eigenvalue weighted by Gasteiger charge is -2.14. The Morgan fingerprint density at radius 2 is 2.05 bits per heavy atom. The standard InChI is InChI=1S/C16H26N2O2S/c1-12-4-6-14(8-12)11-18-21(19,20)16-9-15(10-17-3)7-5-13(16)2/h5,7,9,12,14,17-18H,4,6,8,10-11H2,1-3H3. The molecule has 1 aromatic carbocycles. The van der Waals surface area contributed by atoms with E-state index in [0.29, 0.717) is 23.9 Å². The molecule has 0 heterocycles. The van der Waals surface area contributed by atoms with Crippen molar-refractivity contribution >= 4 is 10.0 Å². The van der Waals surface area contributed by atoms with Gasteiger partial charge in [-0.05, 0) is 55.8 Å². The number of hydrogen-bond donors (Lipinski definition) is 2. The molecule has 1 fully saturated rings. The highest BCUT2D eigenvalue weighted by atomic mass is 32.2. The Morgan fingerprint density at radius 3 is 2.67 bits per heavy atom. The van der Waals surface area contributed by atoms with Crippen molar-refractivity contribution in [2.75, 3.05) is 13.6 Å². The lowest BCUT2D eigenvalue weighted by Crippen LogP contribution is -2.29. The van der Waals surface area contributed by atoms with E-state index >= 15 is 0 Å². The molecule has 1 aromatic rings. The van der Waals surface area contributed by atoms with Crippen LogP contribution in [-0.4, -0.2) is 22.0 Å². The van der Waals surface area contributed by atoms with Gasteiger partial charge in [-0.25, -0.2) is 13.1 Å². The third-order valence-electron chi connectivity index (χ3n) is 4.29. The Labute approximate surface area is 128 Å². The van der Waals surface area contributed by atoms with Gasteiger partial charge >= 0.3 is 0 Å². The minimum Gasteiger partial charge on any atom is -0.316 e. The van der Waals surface area contributed by atoms with E-state index in [1.165, 1.54) is 6.42 Å². The largest absolute Gasteiger partial charge is 0.316 e. The van der Waals surface area contributed by atoms with Crippen molar-refractivity contribution in [3.63, 3.8) is 0 Å². The van der Waals surface area contributed by atoms with Gasteiger partial charge in [-0.15, -0.1) is 0 Å². The molecule has 2 rings (SSSR count). The summed E-state index contributed by atoms with van der Waals surface area (Å²) in [4.78, 5) is 0.404. The maximum absolute atomic E-state index is 12.5. The van der Waals surface area contributed by atoms with Crippen LogP contribution in [0.4, 0.5) is 0 Å². The minimum atomic E-state index is -3.41. The highest BCUT2D eigenvalue weighted by Gasteiger charge is 2.24. The summed E-state index contributed by atoms with van der Waals surface area (Å²) < 4.78 is 27.8. The second-order valence-electron chi connectivity index (χ2n) is 6.27. The average molecular weight is 310 g/mol. The molecule has 1 aliphatic rings. The van der Waals surface area contributed by atoms with E-state index in [0.717, 1.165) is 29.9 Å². The third kappa shape index (κ3) is 4.28. The van der Waals surface area contributed by atoms with Gasteiger partial charge < -0.3 is 5.32 Å².